The largest absolute Gasteiger partial charge is 0.346 e. The monoisotopic (exact) mass is 471 g/mol. The predicted octanol–water partition coefficient (Wildman–Crippen LogP) is 3.41. The fourth-order valence-corrected chi connectivity index (χ4v) is 4.91. The first-order chi connectivity index (χ1) is 16.6. The molecule has 1 saturated heterocycles. The highest BCUT2D eigenvalue weighted by Crippen LogP contribution is 2.37. The summed E-state index contributed by atoms with van der Waals surface area (Å²) in [4.78, 5) is 48.8. The van der Waals surface area contributed by atoms with Gasteiger partial charge >= 0.3 is 0 Å². The summed E-state index contributed by atoms with van der Waals surface area (Å²) in [6.07, 6.45) is 4.30. The van der Waals surface area contributed by atoms with Gasteiger partial charge in [-0.05, 0) is 37.1 Å². The molecule has 0 unspecified atom stereocenters. The van der Waals surface area contributed by atoms with Gasteiger partial charge in [0.2, 0.25) is 0 Å². The molecule has 5 aromatic rings. The number of nitrogens with one attached hydrogen (secondary N) is 1. The molecular formula is C24H18ClN7O2. The van der Waals surface area contributed by atoms with Crippen LogP contribution in [0.1, 0.15) is 24.7 Å². The number of benzene rings is 2. The summed E-state index contributed by atoms with van der Waals surface area (Å²) in [5.74, 6) is 1.04. The predicted molar refractivity (Wildman–Crippen MR) is 130 cm³/mol. The lowest BCUT2D eigenvalue weighted by molar-refractivity contribution is 0.634. The molecule has 1 aliphatic heterocycles. The third kappa shape index (κ3) is 3.16. The molecule has 9 nitrogen and oxygen atoms in total. The quantitative estimate of drug-likeness (QED) is 0.429. The van der Waals surface area contributed by atoms with Gasteiger partial charge in [-0.1, -0.05) is 35.9 Å². The second kappa shape index (κ2) is 8.03. The van der Waals surface area contributed by atoms with Crippen molar-refractivity contribution in [3.63, 3.8) is 0 Å². The number of hydrogen-bond acceptors (Lipinski definition) is 7. The van der Waals surface area contributed by atoms with Gasteiger partial charge in [-0.2, -0.15) is 0 Å². The smallest absolute Gasteiger partial charge is 0.267 e. The van der Waals surface area contributed by atoms with Gasteiger partial charge in [0.1, 0.15) is 23.4 Å². The lowest BCUT2D eigenvalue weighted by Crippen LogP contribution is -2.32. The molecule has 0 saturated carbocycles. The van der Waals surface area contributed by atoms with Crippen LogP contribution >= 0.6 is 11.6 Å². The molecule has 0 bridgehead atoms. The third-order valence-corrected chi connectivity index (χ3v) is 6.44. The van der Waals surface area contributed by atoms with Crippen LogP contribution in [0.25, 0.3) is 27.6 Å². The number of anilines is 1. The van der Waals surface area contributed by atoms with Crippen molar-refractivity contribution in [3.05, 3.63) is 92.7 Å². The topological polar surface area (TPSA) is 110 Å². The average Bonchev–Trinajstić information content (AvgIpc) is 3.34. The minimum absolute atomic E-state index is 0.240. The van der Waals surface area contributed by atoms with E-state index in [1.165, 1.54) is 12.7 Å². The number of nitrogens with zero attached hydrogens (tertiary/aromatic N) is 6. The van der Waals surface area contributed by atoms with Crippen molar-refractivity contribution in [2.45, 2.75) is 18.9 Å². The molecule has 1 aliphatic rings. The highest BCUT2D eigenvalue weighted by molar-refractivity contribution is 6.35. The number of fused-ring (bicyclic) bond motifs is 2. The van der Waals surface area contributed by atoms with Crippen molar-refractivity contribution >= 4 is 39.4 Å². The Bertz CT molecular complexity index is 1660. The maximum absolute atomic E-state index is 13.8. The summed E-state index contributed by atoms with van der Waals surface area (Å²) < 4.78 is 1.61. The first-order valence-electron chi connectivity index (χ1n) is 10.8. The second-order valence-corrected chi connectivity index (χ2v) is 8.47. The van der Waals surface area contributed by atoms with Crippen LogP contribution in [0.15, 0.2) is 70.8 Å². The number of rotatable bonds is 3. The summed E-state index contributed by atoms with van der Waals surface area (Å²) in [6, 6.07) is 14.3. The Balaban J connectivity index is 1.63. The van der Waals surface area contributed by atoms with E-state index < -0.39 is 0 Å². The van der Waals surface area contributed by atoms with E-state index in [-0.39, 0.29) is 17.2 Å². The van der Waals surface area contributed by atoms with Gasteiger partial charge in [-0.25, -0.2) is 19.9 Å². The first-order valence-corrected chi connectivity index (χ1v) is 11.2. The molecule has 1 fully saturated rings. The van der Waals surface area contributed by atoms with Gasteiger partial charge < -0.3 is 9.88 Å². The van der Waals surface area contributed by atoms with Gasteiger partial charge in [-0.3, -0.25) is 14.2 Å². The Labute approximate surface area is 197 Å². The van der Waals surface area contributed by atoms with E-state index in [1.54, 1.807) is 22.8 Å². The van der Waals surface area contributed by atoms with Crippen molar-refractivity contribution in [2.24, 2.45) is 0 Å². The molecule has 1 N–H and O–H groups in total. The van der Waals surface area contributed by atoms with E-state index in [9.17, 15) is 9.59 Å². The highest BCUT2D eigenvalue weighted by atomic mass is 35.5. The Morgan fingerprint density at radius 1 is 0.971 bits per heavy atom. The molecule has 0 aliphatic carbocycles. The minimum atomic E-state index is -0.315. The summed E-state index contributed by atoms with van der Waals surface area (Å²) in [5, 5.41) is 1.04. The first kappa shape index (κ1) is 20.5. The molecule has 2 aromatic carbocycles. The van der Waals surface area contributed by atoms with E-state index in [0.29, 0.717) is 50.8 Å². The van der Waals surface area contributed by atoms with E-state index in [1.807, 2.05) is 35.2 Å². The molecule has 10 heteroatoms. The van der Waals surface area contributed by atoms with Crippen LogP contribution in [-0.4, -0.2) is 36.0 Å². The number of halogens is 1. The second-order valence-electron chi connectivity index (χ2n) is 8.06. The molecule has 4 heterocycles. The molecule has 34 heavy (non-hydrogen) atoms. The van der Waals surface area contributed by atoms with Crippen LogP contribution in [0.4, 0.5) is 5.82 Å². The van der Waals surface area contributed by atoms with Crippen molar-refractivity contribution in [1.82, 2.24) is 29.5 Å². The van der Waals surface area contributed by atoms with Crippen LogP contribution in [-0.2, 0) is 0 Å². The summed E-state index contributed by atoms with van der Waals surface area (Å²) in [6.45, 7) is 0.642. The van der Waals surface area contributed by atoms with Crippen LogP contribution in [0, 0.1) is 0 Å². The lowest BCUT2D eigenvalue weighted by Gasteiger charge is -2.28. The third-order valence-electron chi connectivity index (χ3n) is 6.13. The molecule has 6 rings (SSSR count). The Hall–Kier alpha value is -4.11. The number of aromatic nitrogens is 6. The summed E-state index contributed by atoms with van der Waals surface area (Å²) in [7, 11) is 0. The van der Waals surface area contributed by atoms with Gasteiger partial charge in [0.05, 0.1) is 34.0 Å². The highest BCUT2D eigenvalue weighted by Gasteiger charge is 2.33. The fourth-order valence-electron chi connectivity index (χ4n) is 4.66. The van der Waals surface area contributed by atoms with Crippen LogP contribution in [0.5, 0.6) is 0 Å². The van der Waals surface area contributed by atoms with Gasteiger partial charge in [0, 0.05) is 6.54 Å². The maximum Gasteiger partial charge on any atom is 0.267 e. The molecule has 1 atom stereocenters. The lowest BCUT2D eigenvalue weighted by atomic mass is 10.1. The van der Waals surface area contributed by atoms with E-state index in [0.717, 1.165) is 12.8 Å². The SMILES string of the molecule is O=c1[nH]cnc2ncnc(N3CCC[C@H]3c3nc4cccc(Cl)c4c(=O)n3-c3ccccc3)c12. The van der Waals surface area contributed by atoms with Crippen LogP contribution < -0.4 is 16.0 Å². The van der Waals surface area contributed by atoms with Crippen LogP contribution in [0.3, 0.4) is 0 Å². The molecule has 0 spiro atoms. The zero-order valence-corrected chi connectivity index (χ0v) is 18.6. The molecule has 0 radical (unpaired) electrons. The minimum Gasteiger partial charge on any atom is -0.346 e. The fraction of sp³-hybridized carbons (Fsp3) is 0.167. The maximum atomic E-state index is 13.8. The Morgan fingerprint density at radius 3 is 2.68 bits per heavy atom. The zero-order valence-electron chi connectivity index (χ0n) is 17.8. The number of aromatic amines is 1. The number of hydrogen-bond donors (Lipinski definition) is 1. The standard InChI is InChI=1S/C24H18ClN7O2/c25-15-8-4-9-16-18(15)24(34)32(14-6-2-1-3-7-14)21(30-16)17-10-5-11-31(17)22-19-20(26-12-28-22)27-13-29-23(19)33/h1-4,6-9,12-13,17H,5,10-11H2,(H,26,27,28,29,33)/t17-/m0/s1. The number of H-pyrrole nitrogens is 1. The Kier molecular flexibility index (Phi) is 4.84. The van der Waals surface area contributed by atoms with E-state index >= 15 is 0 Å². The molecule has 0 amide bonds. The van der Waals surface area contributed by atoms with Gasteiger partial charge in [0.25, 0.3) is 11.1 Å². The van der Waals surface area contributed by atoms with Crippen molar-refractivity contribution in [1.29, 1.82) is 0 Å². The molecule has 168 valence electrons. The summed E-state index contributed by atoms with van der Waals surface area (Å²) >= 11 is 6.42. The zero-order chi connectivity index (χ0) is 23.2. The Morgan fingerprint density at radius 2 is 1.82 bits per heavy atom. The average molecular weight is 472 g/mol. The summed E-state index contributed by atoms with van der Waals surface area (Å²) in [5.41, 5.74) is 0.980. The molecule has 3 aromatic heterocycles. The number of para-hydroxylation sites is 1. The molecular weight excluding hydrogens is 454 g/mol. The van der Waals surface area contributed by atoms with Crippen LogP contribution in [0.2, 0.25) is 5.02 Å². The van der Waals surface area contributed by atoms with E-state index in [2.05, 4.69) is 19.9 Å². The van der Waals surface area contributed by atoms with Gasteiger partial charge in [-0.15, -0.1) is 0 Å². The normalized spacial score (nSPS) is 15.9. The van der Waals surface area contributed by atoms with Crippen molar-refractivity contribution in [3.8, 4) is 5.69 Å². The van der Waals surface area contributed by atoms with Crippen molar-refractivity contribution in [2.75, 3.05) is 11.4 Å². The van der Waals surface area contributed by atoms with Gasteiger partial charge in [0.15, 0.2) is 5.65 Å². The van der Waals surface area contributed by atoms with Crippen molar-refractivity contribution < 1.29 is 0 Å². The van der Waals surface area contributed by atoms with E-state index in [4.69, 9.17) is 16.6 Å².